The van der Waals surface area contributed by atoms with Crippen molar-refractivity contribution in [2.75, 3.05) is 13.7 Å². The number of rotatable bonds is 8. The molecular formula is C28H28F4O3. The van der Waals surface area contributed by atoms with Gasteiger partial charge >= 0.3 is 0 Å². The number of ether oxygens (including phenoxy) is 3. The monoisotopic (exact) mass is 488 g/mol. The van der Waals surface area contributed by atoms with Crippen LogP contribution in [-0.2, 0) is 11.3 Å². The van der Waals surface area contributed by atoms with E-state index in [2.05, 4.69) is 0 Å². The fourth-order valence-corrected chi connectivity index (χ4v) is 4.57. The molecular weight excluding hydrogens is 460 g/mol. The fraction of sp³-hybridized carbons (Fsp3) is 0.357. The average molecular weight is 489 g/mol. The Labute approximate surface area is 202 Å². The van der Waals surface area contributed by atoms with Gasteiger partial charge in [0, 0.05) is 11.1 Å². The van der Waals surface area contributed by atoms with Crippen molar-refractivity contribution >= 4 is 0 Å². The van der Waals surface area contributed by atoms with Gasteiger partial charge in [-0.05, 0) is 73.9 Å². The highest BCUT2D eigenvalue weighted by Crippen LogP contribution is 2.38. The summed E-state index contributed by atoms with van der Waals surface area (Å²) in [6.07, 6.45) is 2.30. The lowest BCUT2D eigenvalue weighted by Crippen LogP contribution is -2.21. The van der Waals surface area contributed by atoms with Gasteiger partial charge in [0.05, 0.1) is 26.4 Å². The van der Waals surface area contributed by atoms with E-state index in [4.69, 9.17) is 14.2 Å². The second kappa shape index (κ2) is 11.1. The third kappa shape index (κ3) is 5.45. The third-order valence-corrected chi connectivity index (χ3v) is 6.53. The lowest BCUT2D eigenvalue weighted by molar-refractivity contribution is 0.0116. The predicted octanol–water partition coefficient (Wildman–Crippen LogP) is 7.56. The molecule has 0 spiro atoms. The minimum absolute atomic E-state index is 0.0654. The van der Waals surface area contributed by atoms with E-state index in [1.807, 2.05) is 0 Å². The molecule has 0 amide bonds. The quantitative estimate of drug-likeness (QED) is 0.306. The first-order valence-electron chi connectivity index (χ1n) is 11.8. The van der Waals surface area contributed by atoms with Crippen molar-refractivity contribution in [3.05, 3.63) is 82.9 Å². The molecule has 0 atom stereocenters. The third-order valence-electron chi connectivity index (χ3n) is 6.53. The molecule has 0 aliphatic heterocycles. The Morgan fingerprint density at radius 3 is 2.14 bits per heavy atom. The molecule has 7 heteroatoms. The fourth-order valence-electron chi connectivity index (χ4n) is 4.57. The van der Waals surface area contributed by atoms with E-state index >= 15 is 0 Å². The zero-order valence-corrected chi connectivity index (χ0v) is 19.8. The van der Waals surface area contributed by atoms with Crippen LogP contribution in [0.1, 0.15) is 49.7 Å². The highest BCUT2D eigenvalue weighted by molar-refractivity contribution is 5.65. The van der Waals surface area contributed by atoms with E-state index in [1.54, 1.807) is 50.4 Å². The maximum atomic E-state index is 15.0. The van der Waals surface area contributed by atoms with Crippen LogP contribution < -0.4 is 9.47 Å². The molecule has 3 nitrogen and oxygen atoms in total. The summed E-state index contributed by atoms with van der Waals surface area (Å²) in [5, 5.41) is 0. The van der Waals surface area contributed by atoms with E-state index in [9.17, 15) is 17.6 Å². The summed E-state index contributed by atoms with van der Waals surface area (Å²) in [5.41, 5.74) is 1.26. The second-order valence-corrected chi connectivity index (χ2v) is 8.63. The molecule has 4 rings (SSSR count). The molecule has 0 heterocycles. The van der Waals surface area contributed by atoms with Crippen LogP contribution in [0.2, 0.25) is 0 Å². The van der Waals surface area contributed by atoms with Gasteiger partial charge in [-0.25, -0.2) is 13.2 Å². The number of benzene rings is 3. The Bertz CT molecular complexity index is 1160. The Balaban J connectivity index is 1.37. The van der Waals surface area contributed by atoms with Crippen molar-refractivity contribution in [2.24, 2.45) is 0 Å². The minimum Gasteiger partial charge on any atom is -0.497 e. The summed E-state index contributed by atoms with van der Waals surface area (Å²) in [4.78, 5) is 0. The molecule has 3 aromatic carbocycles. The van der Waals surface area contributed by atoms with Gasteiger partial charge in [0.15, 0.2) is 23.2 Å². The number of halogens is 4. The van der Waals surface area contributed by atoms with Crippen LogP contribution in [0, 0.1) is 23.3 Å². The molecule has 0 bridgehead atoms. The van der Waals surface area contributed by atoms with Gasteiger partial charge < -0.3 is 14.2 Å². The van der Waals surface area contributed by atoms with E-state index in [0.29, 0.717) is 42.6 Å². The molecule has 0 unspecified atom stereocenters. The number of hydrogen-bond donors (Lipinski definition) is 0. The smallest absolute Gasteiger partial charge is 0.200 e. The lowest BCUT2D eigenvalue weighted by Gasteiger charge is -2.29. The summed E-state index contributed by atoms with van der Waals surface area (Å²) < 4.78 is 74.2. The first kappa shape index (κ1) is 25.0. The highest BCUT2D eigenvalue weighted by atomic mass is 19.2. The summed E-state index contributed by atoms with van der Waals surface area (Å²) >= 11 is 0. The standard InChI is InChI=1S/C28H28F4O3/c1-3-34-24-15-8-19(25(29)28(24)32)16-35-21-11-6-18(7-12-21)23-14-13-22(26(30)27(23)31)17-4-9-20(33-2)10-5-17/h4-5,8-10,13-15,18,21H,3,6-7,11-12,16H2,1-2H3. The molecule has 0 saturated heterocycles. The summed E-state index contributed by atoms with van der Waals surface area (Å²) in [7, 11) is 1.54. The van der Waals surface area contributed by atoms with E-state index in [-0.39, 0.29) is 42.1 Å². The van der Waals surface area contributed by atoms with E-state index in [1.165, 1.54) is 12.1 Å². The molecule has 35 heavy (non-hydrogen) atoms. The van der Waals surface area contributed by atoms with Gasteiger partial charge in [0.2, 0.25) is 5.82 Å². The topological polar surface area (TPSA) is 27.7 Å². The highest BCUT2D eigenvalue weighted by Gasteiger charge is 2.27. The Morgan fingerprint density at radius 2 is 1.49 bits per heavy atom. The van der Waals surface area contributed by atoms with Crippen LogP contribution in [0.3, 0.4) is 0 Å². The van der Waals surface area contributed by atoms with Gasteiger partial charge in [0.1, 0.15) is 5.75 Å². The van der Waals surface area contributed by atoms with Crippen molar-refractivity contribution in [1.29, 1.82) is 0 Å². The van der Waals surface area contributed by atoms with Crippen molar-refractivity contribution in [2.45, 2.75) is 51.2 Å². The normalized spacial score (nSPS) is 17.9. The Hall–Kier alpha value is -3.06. The van der Waals surface area contributed by atoms with Crippen LogP contribution in [-0.4, -0.2) is 19.8 Å². The minimum atomic E-state index is -1.02. The Kier molecular flexibility index (Phi) is 7.96. The van der Waals surface area contributed by atoms with Crippen LogP contribution in [0.5, 0.6) is 11.5 Å². The first-order valence-corrected chi connectivity index (χ1v) is 11.8. The lowest BCUT2D eigenvalue weighted by atomic mass is 9.82. The molecule has 1 aliphatic carbocycles. The van der Waals surface area contributed by atoms with Crippen molar-refractivity contribution < 1.29 is 31.8 Å². The first-order chi connectivity index (χ1) is 16.9. The summed E-state index contributed by atoms with van der Waals surface area (Å²) in [6.45, 7) is 1.87. The van der Waals surface area contributed by atoms with Gasteiger partial charge in [-0.3, -0.25) is 0 Å². The average Bonchev–Trinajstić information content (AvgIpc) is 2.88. The maximum absolute atomic E-state index is 15.0. The molecule has 0 radical (unpaired) electrons. The van der Waals surface area contributed by atoms with Crippen molar-refractivity contribution in [3.8, 4) is 22.6 Å². The van der Waals surface area contributed by atoms with Crippen LogP contribution in [0.15, 0.2) is 48.5 Å². The molecule has 186 valence electrons. The zero-order valence-electron chi connectivity index (χ0n) is 19.8. The maximum Gasteiger partial charge on any atom is 0.200 e. The summed E-state index contributed by atoms with van der Waals surface area (Å²) in [5.74, 6) is -3.30. The van der Waals surface area contributed by atoms with Crippen LogP contribution >= 0.6 is 0 Å². The molecule has 1 aliphatic rings. The van der Waals surface area contributed by atoms with Crippen LogP contribution in [0.4, 0.5) is 17.6 Å². The van der Waals surface area contributed by atoms with Gasteiger partial charge in [-0.1, -0.05) is 24.3 Å². The van der Waals surface area contributed by atoms with Crippen LogP contribution in [0.25, 0.3) is 11.1 Å². The van der Waals surface area contributed by atoms with Gasteiger partial charge in [-0.15, -0.1) is 0 Å². The van der Waals surface area contributed by atoms with Crippen molar-refractivity contribution in [1.82, 2.24) is 0 Å². The van der Waals surface area contributed by atoms with Crippen molar-refractivity contribution in [3.63, 3.8) is 0 Å². The molecule has 1 saturated carbocycles. The van der Waals surface area contributed by atoms with Gasteiger partial charge in [0.25, 0.3) is 0 Å². The zero-order chi connectivity index (χ0) is 24.9. The van der Waals surface area contributed by atoms with Gasteiger partial charge in [-0.2, -0.15) is 4.39 Å². The molecule has 0 N–H and O–H groups in total. The second-order valence-electron chi connectivity index (χ2n) is 8.63. The SMILES string of the molecule is CCOc1ccc(COC2CCC(c3ccc(-c4ccc(OC)cc4)c(F)c3F)CC2)c(F)c1F. The number of methoxy groups -OCH3 is 1. The molecule has 1 fully saturated rings. The Morgan fingerprint density at radius 1 is 0.771 bits per heavy atom. The van der Waals surface area contributed by atoms with E-state index < -0.39 is 23.3 Å². The largest absolute Gasteiger partial charge is 0.497 e. The predicted molar refractivity (Wildman–Crippen MR) is 126 cm³/mol. The van der Waals surface area contributed by atoms with E-state index in [0.717, 1.165) is 0 Å². The summed E-state index contributed by atoms with van der Waals surface area (Å²) in [6, 6.07) is 12.9. The number of hydrogen-bond acceptors (Lipinski definition) is 3. The molecule has 0 aromatic heterocycles. The molecule has 3 aromatic rings.